The second kappa shape index (κ2) is 7.60. The molecule has 0 saturated heterocycles. The monoisotopic (exact) mass is 415 g/mol. The highest BCUT2D eigenvalue weighted by molar-refractivity contribution is 5.99. The van der Waals surface area contributed by atoms with Gasteiger partial charge in [-0.1, -0.05) is 11.2 Å². The van der Waals surface area contributed by atoms with Crippen LogP contribution in [0.3, 0.4) is 0 Å². The van der Waals surface area contributed by atoms with Gasteiger partial charge in [-0.05, 0) is 42.2 Å². The van der Waals surface area contributed by atoms with Crippen LogP contribution >= 0.6 is 0 Å². The molecule has 31 heavy (non-hydrogen) atoms. The predicted octanol–water partition coefficient (Wildman–Crippen LogP) is 4.57. The quantitative estimate of drug-likeness (QED) is 0.372. The number of nitroso groups, excluding NO2 is 1. The first kappa shape index (κ1) is 18.9. The number of hydrogen-bond donors (Lipinski definition) is 1. The van der Waals surface area contributed by atoms with Crippen molar-refractivity contribution in [3.05, 3.63) is 70.7 Å². The molecule has 0 radical (unpaired) electrons. The molecule has 9 heteroatoms. The van der Waals surface area contributed by atoms with Gasteiger partial charge in [-0.15, -0.1) is 0 Å². The summed E-state index contributed by atoms with van der Waals surface area (Å²) in [4.78, 5) is 35.4. The number of benzene rings is 1. The van der Waals surface area contributed by atoms with Gasteiger partial charge in [0, 0.05) is 29.7 Å². The minimum atomic E-state index is -0.514. The number of carbonyl (C=O) groups is 1. The third-order valence-electron chi connectivity index (χ3n) is 5.35. The molecule has 4 aromatic rings. The number of nitrogens with zero attached hydrogens (tertiary/aromatic N) is 4. The lowest BCUT2D eigenvalue weighted by Gasteiger charge is -2.10. The van der Waals surface area contributed by atoms with E-state index in [2.05, 4.69) is 25.4 Å². The molecular formula is C22H17N5O4. The summed E-state index contributed by atoms with van der Waals surface area (Å²) in [5.41, 5.74) is 4.43. The summed E-state index contributed by atoms with van der Waals surface area (Å²) in [7, 11) is 1.30. The van der Waals surface area contributed by atoms with Gasteiger partial charge in [-0.2, -0.15) is 4.91 Å². The lowest BCUT2D eigenvalue weighted by molar-refractivity contribution is 0.0599. The highest BCUT2D eigenvalue weighted by Gasteiger charge is 2.24. The highest BCUT2D eigenvalue weighted by Crippen LogP contribution is 2.40. The number of nitrogens with one attached hydrogen (secondary N) is 1. The third kappa shape index (κ3) is 3.29. The molecule has 1 aliphatic rings. The third-order valence-corrected chi connectivity index (χ3v) is 5.35. The van der Waals surface area contributed by atoms with Gasteiger partial charge in [0.05, 0.1) is 24.6 Å². The first-order chi connectivity index (χ1) is 15.2. The van der Waals surface area contributed by atoms with Crippen molar-refractivity contribution in [3.8, 4) is 11.6 Å². The summed E-state index contributed by atoms with van der Waals surface area (Å²) in [6.07, 6.45) is 7.63. The number of fused-ring (bicyclic) bond motifs is 2. The van der Waals surface area contributed by atoms with Gasteiger partial charge in [0.15, 0.2) is 17.2 Å². The molecule has 1 unspecified atom stereocenters. The van der Waals surface area contributed by atoms with Crippen LogP contribution < -0.4 is 5.32 Å². The maximum atomic E-state index is 11.7. The van der Waals surface area contributed by atoms with Crippen LogP contribution in [0.5, 0.6) is 0 Å². The minimum Gasteiger partial charge on any atom is -0.465 e. The van der Waals surface area contributed by atoms with Crippen LogP contribution in [-0.4, -0.2) is 28.0 Å². The normalized spacial score (nSPS) is 14.9. The molecule has 0 spiro atoms. The molecular weight excluding hydrogens is 398 g/mol. The maximum Gasteiger partial charge on any atom is 0.341 e. The van der Waals surface area contributed by atoms with Crippen molar-refractivity contribution in [1.82, 2.24) is 15.0 Å². The van der Waals surface area contributed by atoms with E-state index in [1.165, 1.54) is 19.5 Å². The summed E-state index contributed by atoms with van der Waals surface area (Å²) >= 11 is 0. The summed E-state index contributed by atoms with van der Waals surface area (Å²) in [6, 6.07) is 7.43. The zero-order chi connectivity index (χ0) is 21.4. The zero-order valence-electron chi connectivity index (χ0n) is 16.5. The second-order valence-corrected chi connectivity index (χ2v) is 7.16. The van der Waals surface area contributed by atoms with Gasteiger partial charge in [0.1, 0.15) is 6.04 Å². The van der Waals surface area contributed by atoms with Crippen LogP contribution in [0.4, 0.5) is 11.4 Å². The van der Waals surface area contributed by atoms with E-state index in [1.54, 1.807) is 12.4 Å². The van der Waals surface area contributed by atoms with Crippen LogP contribution in [-0.2, 0) is 11.2 Å². The number of methoxy groups -OCH3 is 1. The fraction of sp³-hybridized carbons (Fsp3) is 0.182. The Labute approximate surface area is 176 Å². The average Bonchev–Trinajstić information content (AvgIpc) is 3.40. The molecule has 0 saturated carbocycles. The van der Waals surface area contributed by atoms with Crippen molar-refractivity contribution in [1.29, 1.82) is 0 Å². The molecule has 1 aromatic carbocycles. The number of pyridine rings is 1. The molecule has 1 atom stereocenters. The largest absolute Gasteiger partial charge is 0.465 e. The molecule has 0 amide bonds. The summed E-state index contributed by atoms with van der Waals surface area (Å²) < 4.78 is 10.7. The van der Waals surface area contributed by atoms with Crippen molar-refractivity contribution in [3.63, 3.8) is 0 Å². The predicted molar refractivity (Wildman–Crippen MR) is 113 cm³/mol. The molecule has 3 heterocycles. The molecule has 0 aliphatic heterocycles. The summed E-state index contributed by atoms with van der Waals surface area (Å²) in [6.45, 7) is 0. The van der Waals surface area contributed by atoms with Crippen LogP contribution in [0, 0.1) is 4.91 Å². The Balaban J connectivity index is 1.56. The van der Waals surface area contributed by atoms with E-state index in [0.29, 0.717) is 22.9 Å². The zero-order valence-corrected chi connectivity index (χ0v) is 16.5. The van der Waals surface area contributed by atoms with Crippen LogP contribution in [0.1, 0.15) is 33.9 Å². The van der Waals surface area contributed by atoms with E-state index in [-0.39, 0.29) is 11.6 Å². The topological polar surface area (TPSA) is 120 Å². The Bertz CT molecular complexity index is 1300. The first-order valence-electron chi connectivity index (χ1n) is 9.67. The van der Waals surface area contributed by atoms with Crippen molar-refractivity contribution in [2.75, 3.05) is 12.4 Å². The van der Waals surface area contributed by atoms with Crippen molar-refractivity contribution >= 4 is 28.3 Å². The lowest BCUT2D eigenvalue weighted by atomic mass is 10.1. The first-order valence-corrected chi connectivity index (χ1v) is 9.67. The Morgan fingerprint density at radius 3 is 2.84 bits per heavy atom. The van der Waals surface area contributed by atoms with E-state index < -0.39 is 5.97 Å². The van der Waals surface area contributed by atoms with E-state index >= 15 is 0 Å². The standard InChI is InChI=1S/C22H17N5O4/c1-30-22(28)13-9-24-21(25-10-13)20-19(16-6-7-23-11-18(16)31-20)26-14-3-4-15-12(8-14)2-5-17(15)27-29/h3-4,6-11,17,26H,2,5H2,1H3. The van der Waals surface area contributed by atoms with E-state index in [4.69, 9.17) is 9.15 Å². The number of furan rings is 1. The number of aromatic nitrogens is 3. The van der Waals surface area contributed by atoms with E-state index in [0.717, 1.165) is 35.0 Å². The van der Waals surface area contributed by atoms with Crippen molar-refractivity contribution in [2.24, 2.45) is 5.18 Å². The number of anilines is 2. The molecule has 1 N–H and O–H groups in total. The van der Waals surface area contributed by atoms with Crippen LogP contribution in [0.2, 0.25) is 0 Å². The number of carbonyl (C=O) groups excluding carboxylic acids is 1. The second-order valence-electron chi connectivity index (χ2n) is 7.16. The van der Waals surface area contributed by atoms with Crippen molar-refractivity contribution in [2.45, 2.75) is 18.9 Å². The van der Waals surface area contributed by atoms with Crippen molar-refractivity contribution < 1.29 is 13.9 Å². The molecule has 0 bridgehead atoms. The van der Waals surface area contributed by atoms with Crippen LogP contribution in [0.15, 0.2) is 58.6 Å². The number of ether oxygens (including phenoxy) is 1. The van der Waals surface area contributed by atoms with Gasteiger partial charge in [-0.3, -0.25) is 4.98 Å². The summed E-state index contributed by atoms with van der Waals surface area (Å²) in [5, 5.41) is 7.43. The molecule has 154 valence electrons. The number of esters is 1. The molecule has 0 fully saturated rings. The molecule has 5 rings (SSSR count). The van der Waals surface area contributed by atoms with Gasteiger partial charge in [0.25, 0.3) is 0 Å². The summed E-state index contributed by atoms with van der Waals surface area (Å²) in [5.74, 6) is 0.227. The molecule has 9 nitrogen and oxygen atoms in total. The number of aryl methyl sites for hydroxylation is 1. The Hall–Kier alpha value is -4.14. The Morgan fingerprint density at radius 1 is 1.23 bits per heavy atom. The average molecular weight is 415 g/mol. The SMILES string of the molecule is COC(=O)c1cnc(-c2oc3cnccc3c2Nc2ccc3c(c2)CCC3N=O)nc1. The van der Waals surface area contributed by atoms with E-state index in [1.807, 2.05) is 24.3 Å². The number of rotatable bonds is 5. The Morgan fingerprint density at radius 2 is 2.06 bits per heavy atom. The molecule has 1 aliphatic carbocycles. The maximum absolute atomic E-state index is 11.7. The molecule has 3 aromatic heterocycles. The van der Waals surface area contributed by atoms with Gasteiger partial charge in [-0.25, -0.2) is 14.8 Å². The fourth-order valence-corrected chi connectivity index (χ4v) is 3.83. The highest BCUT2D eigenvalue weighted by atomic mass is 16.5. The fourth-order valence-electron chi connectivity index (χ4n) is 3.83. The van der Waals surface area contributed by atoms with E-state index in [9.17, 15) is 9.70 Å². The van der Waals surface area contributed by atoms with Crippen LogP contribution in [0.25, 0.3) is 22.6 Å². The Kier molecular flexibility index (Phi) is 4.62. The van der Waals surface area contributed by atoms with Gasteiger partial charge < -0.3 is 14.5 Å². The smallest absolute Gasteiger partial charge is 0.341 e. The lowest BCUT2D eigenvalue weighted by Crippen LogP contribution is -2.03. The number of hydrogen-bond acceptors (Lipinski definition) is 9. The van der Waals surface area contributed by atoms with Gasteiger partial charge >= 0.3 is 5.97 Å². The minimum absolute atomic E-state index is 0.246. The van der Waals surface area contributed by atoms with Gasteiger partial charge in [0.2, 0.25) is 0 Å².